The van der Waals surface area contributed by atoms with E-state index in [2.05, 4.69) is 33.9 Å². The fourth-order valence-electron chi connectivity index (χ4n) is 2.85. The molecule has 0 radical (unpaired) electrons. The van der Waals surface area contributed by atoms with Crippen LogP contribution in [0.1, 0.15) is 58.6 Å². The number of benzene rings is 1. The number of hydrogen-bond acceptors (Lipinski definition) is 6. The Balaban J connectivity index is 2.92. The molecule has 0 amide bonds. The molecule has 1 aromatic rings. The summed E-state index contributed by atoms with van der Waals surface area (Å²) in [6, 6.07) is 7.90. The fourth-order valence-corrected chi connectivity index (χ4v) is 3.80. The molecule has 0 spiro atoms. The van der Waals surface area contributed by atoms with Crippen molar-refractivity contribution in [2.75, 3.05) is 13.2 Å². The van der Waals surface area contributed by atoms with E-state index in [1.54, 1.807) is 13.8 Å². The number of ether oxygens (including phenoxy) is 2. The topological polar surface area (TPSA) is 78.9 Å². The van der Waals surface area contributed by atoms with Gasteiger partial charge in [-0.3, -0.25) is 14.4 Å². The maximum atomic E-state index is 12.6. The molecule has 0 bridgehead atoms. The van der Waals surface area contributed by atoms with E-state index in [1.165, 1.54) is 0 Å². The summed E-state index contributed by atoms with van der Waals surface area (Å²) in [6.45, 7) is 15.2. The van der Waals surface area contributed by atoms with E-state index in [4.69, 9.17) is 13.9 Å². The third-order valence-corrected chi connectivity index (χ3v) is 10.3. The van der Waals surface area contributed by atoms with Gasteiger partial charge in [0.1, 0.15) is 12.3 Å². The lowest BCUT2D eigenvalue weighted by Crippen LogP contribution is -2.40. The zero-order valence-corrected chi connectivity index (χ0v) is 21.1. The molecule has 0 N–H and O–H groups in total. The molecule has 0 saturated carbocycles. The van der Waals surface area contributed by atoms with Crippen molar-refractivity contribution in [3.05, 3.63) is 35.4 Å². The van der Waals surface area contributed by atoms with Gasteiger partial charge in [0.2, 0.25) is 0 Å². The predicted octanol–water partition coefficient (Wildman–Crippen LogP) is 4.84. The lowest BCUT2D eigenvalue weighted by Gasteiger charge is -2.36. The summed E-state index contributed by atoms with van der Waals surface area (Å²) < 4.78 is 16.3. The van der Waals surface area contributed by atoms with Gasteiger partial charge in [-0.05, 0) is 55.9 Å². The van der Waals surface area contributed by atoms with Crippen LogP contribution in [-0.2, 0) is 41.3 Å². The lowest BCUT2D eigenvalue weighted by molar-refractivity contribution is -0.153. The van der Waals surface area contributed by atoms with Crippen LogP contribution in [0.5, 0.6) is 0 Å². The van der Waals surface area contributed by atoms with Crippen LogP contribution in [-0.4, -0.2) is 39.3 Å². The summed E-state index contributed by atoms with van der Waals surface area (Å²) in [5.74, 6) is -2.66. The Labute approximate surface area is 187 Å². The second kappa shape index (κ2) is 12.1. The minimum atomic E-state index is -1.91. The van der Waals surface area contributed by atoms with Crippen LogP contribution in [0, 0.1) is 5.92 Å². The lowest BCUT2D eigenvalue weighted by atomic mass is 9.92. The normalized spacial score (nSPS) is 12.9. The number of ketones is 1. The minimum Gasteiger partial charge on any atom is -0.466 e. The number of carbonyl (C=O) groups excluding carboxylic acids is 3. The summed E-state index contributed by atoms with van der Waals surface area (Å²) in [6.07, 6.45) is 0.358. The molecule has 0 fully saturated rings. The Morgan fingerprint density at radius 2 is 1.55 bits per heavy atom. The molecule has 0 aliphatic rings. The SMILES string of the molecule is CCOC(=O)CC(=O)C(CCc1ccccc1CO[Si](C)(C)C(C)(C)C)C(=O)OCC. The first-order valence-electron chi connectivity index (χ1n) is 11.0. The van der Waals surface area contributed by atoms with Gasteiger partial charge in [-0.15, -0.1) is 0 Å². The number of hydrogen-bond donors (Lipinski definition) is 0. The highest BCUT2D eigenvalue weighted by molar-refractivity contribution is 6.74. The summed E-state index contributed by atoms with van der Waals surface area (Å²) >= 11 is 0. The molecule has 0 aliphatic carbocycles. The number of esters is 2. The number of Topliss-reactive ketones (excluding diaryl/α,β-unsaturated/α-hetero) is 1. The van der Waals surface area contributed by atoms with Gasteiger partial charge in [0, 0.05) is 0 Å². The highest BCUT2D eigenvalue weighted by Gasteiger charge is 2.37. The molecule has 174 valence electrons. The first-order chi connectivity index (χ1) is 14.4. The summed E-state index contributed by atoms with van der Waals surface area (Å²) in [4.78, 5) is 36.7. The monoisotopic (exact) mass is 450 g/mol. The van der Waals surface area contributed by atoms with Gasteiger partial charge < -0.3 is 13.9 Å². The summed E-state index contributed by atoms with van der Waals surface area (Å²) in [7, 11) is -1.91. The standard InChI is InChI=1S/C24H38O6Si/c1-8-28-22(26)16-21(25)20(23(27)29-9-2)15-14-18-12-10-11-13-19(18)17-30-31(6,7)24(3,4)5/h10-13,20H,8-9,14-17H2,1-7H3. The van der Waals surface area contributed by atoms with E-state index in [0.717, 1.165) is 11.1 Å². The second-order valence-corrected chi connectivity index (χ2v) is 13.9. The fraction of sp³-hybridized carbons (Fsp3) is 0.625. The average Bonchev–Trinajstić information content (AvgIpc) is 2.66. The van der Waals surface area contributed by atoms with Crippen LogP contribution in [0.2, 0.25) is 18.1 Å². The van der Waals surface area contributed by atoms with Gasteiger partial charge in [0.25, 0.3) is 0 Å². The second-order valence-electron chi connectivity index (χ2n) is 9.11. The Morgan fingerprint density at radius 1 is 0.968 bits per heavy atom. The molecule has 7 heteroatoms. The molecule has 0 heterocycles. The Morgan fingerprint density at radius 3 is 2.10 bits per heavy atom. The highest BCUT2D eigenvalue weighted by atomic mass is 28.4. The molecular formula is C24H38O6Si. The van der Waals surface area contributed by atoms with Gasteiger partial charge in [-0.1, -0.05) is 45.0 Å². The molecular weight excluding hydrogens is 412 g/mol. The zero-order valence-electron chi connectivity index (χ0n) is 20.1. The van der Waals surface area contributed by atoms with Crippen molar-refractivity contribution in [1.29, 1.82) is 0 Å². The maximum Gasteiger partial charge on any atom is 0.316 e. The quantitative estimate of drug-likeness (QED) is 0.257. The predicted molar refractivity (Wildman–Crippen MR) is 123 cm³/mol. The molecule has 0 saturated heterocycles. The number of aryl methyl sites for hydroxylation is 1. The van der Waals surface area contributed by atoms with Gasteiger partial charge in [0.15, 0.2) is 14.1 Å². The van der Waals surface area contributed by atoms with E-state index in [-0.39, 0.29) is 24.7 Å². The van der Waals surface area contributed by atoms with Crippen molar-refractivity contribution in [2.24, 2.45) is 5.92 Å². The molecule has 0 aliphatic heterocycles. The van der Waals surface area contributed by atoms with Crippen LogP contribution in [0.15, 0.2) is 24.3 Å². The molecule has 1 rings (SSSR count). The van der Waals surface area contributed by atoms with E-state index < -0.39 is 38.4 Å². The van der Waals surface area contributed by atoms with Crippen LogP contribution in [0.25, 0.3) is 0 Å². The van der Waals surface area contributed by atoms with E-state index in [9.17, 15) is 14.4 Å². The molecule has 1 aromatic carbocycles. The van der Waals surface area contributed by atoms with Gasteiger partial charge in [-0.25, -0.2) is 0 Å². The Bertz CT molecular complexity index is 751. The summed E-state index contributed by atoms with van der Waals surface area (Å²) in [5, 5.41) is 0.108. The van der Waals surface area contributed by atoms with Crippen molar-refractivity contribution >= 4 is 26.0 Å². The van der Waals surface area contributed by atoms with Crippen LogP contribution in [0.3, 0.4) is 0 Å². The first kappa shape index (κ1) is 27.0. The van der Waals surface area contributed by atoms with Gasteiger partial charge >= 0.3 is 11.9 Å². The summed E-state index contributed by atoms with van der Waals surface area (Å²) in [5.41, 5.74) is 2.08. The van der Waals surface area contributed by atoms with Crippen LogP contribution >= 0.6 is 0 Å². The average molecular weight is 451 g/mol. The van der Waals surface area contributed by atoms with Crippen LogP contribution < -0.4 is 0 Å². The third-order valence-electron chi connectivity index (χ3n) is 5.80. The van der Waals surface area contributed by atoms with E-state index >= 15 is 0 Å². The molecule has 0 aromatic heterocycles. The highest BCUT2D eigenvalue weighted by Crippen LogP contribution is 2.37. The largest absolute Gasteiger partial charge is 0.466 e. The molecule has 6 nitrogen and oxygen atoms in total. The smallest absolute Gasteiger partial charge is 0.316 e. The Hall–Kier alpha value is -1.99. The molecule has 1 unspecified atom stereocenters. The van der Waals surface area contributed by atoms with Crippen molar-refractivity contribution in [2.45, 2.75) is 78.6 Å². The number of carbonyl (C=O) groups is 3. The van der Waals surface area contributed by atoms with Crippen molar-refractivity contribution in [3.8, 4) is 0 Å². The minimum absolute atomic E-state index is 0.108. The van der Waals surface area contributed by atoms with E-state index in [1.807, 2.05) is 24.3 Å². The van der Waals surface area contributed by atoms with Crippen molar-refractivity contribution < 1.29 is 28.3 Å². The zero-order chi connectivity index (χ0) is 23.7. The van der Waals surface area contributed by atoms with E-state index in [0.29, 0.717) is 13.0 Å². The van der Waals surface area contributed by atoms with Gasteiger partial charge in [-0.2, -0.15) is 0 Å². The first-order valence-corrected chi connectivity index (χ1v) is 13.9. The molecule has 1 atom stereocenters. The van der Waals surface area contributed by atoms with Crippen molar-refractivity contribution in [3.63, 3.8) is 0 Å². The van der Waals surface area contributed by atoms with Crippen LogP contribution in [0.4, 0.5) is 0 Å². The van der Waals surface area contributed by atoms with Crippen molar-refractivity contribution in [1.82, 2.24) is 0 Å². The molecule has 31 heavy (non-hydrogen) atoms. The third kappa shape index (κ3) is 8.57. The Kier molecular flexibility index (Phi) is 10.6. The number of rotatable bonds is 12. The van der Waals surface area contributed by atoms with Gasteiger partial charge in [0.05, 0.1) is 19.8 Å². The maximum absolute atomic E-state index is 12.6.